The molecule has 0 aromatic heterocycles. The summed E-state index contributed by atoms with van der Waals surface area (Å²) in [6.45, 7) is -0.763. The number of rotatable bonds is 8. The highest BCUT2D eigenvalue weighted by molar-refractivity contribution is 7.89. The molecule has 4 unspecified atom stereocenters. The number of nitrogens with one attached hydrogen (secondary N) is 3. The fourth-order valence-electron chi connectivity index (χ4n) is 4.63. The van der Waals surface area contributed by atoms with Crippen molar-refractivity contribution in [2.24, 2.45) is 5.92 Å². The summed E-state index contributed by atoms with van der Waals surface area (Å²) < 4.78 is 27.6. The van der Waals surface area contributed by atoms with Crippen molar-refractivity contribution in [1.82, 2.24) is 20.4 Å². The quantitative estimate of drug-likeness (QED) is 0.200. The standard InChI is InChI=1S/C23H27N5O8S/c29-13-18(10-22(31)32)25-23(33)17-11-24-14-27-21(30)8-7-20(28(27,34)12-17)26-37(35,36)19-6-5-15-3-1-2-4-16(15)9-19/h1-6,9,13,17-18,20,24,26H,7-8,10-12,14H2,(H,25,33)(H,31,32). The number of nitrogens with zero attached hydrogens (tertiary/aromatic N) is 2. The number of hydrogen-bond donors (Lipinski definition) is 4. The van der Waals surface area contributed by atoms with E-state index in [1.807, 2.05) is 12.1 Å². The van der Waals surface area contributed by atoms with Gasteiger partial charge in [-0.15, -0.1) is 0 Å². The summed E-state index contributed by atoms with van der Waals surface area (Å²) in [5.41, 5.74) is 0. The highest BCUT2D eigenvalue weighted by Gasteiger charge is 2.49. The maximum atomic E-state index is 14.2. The third-order valence-corrected chi connectivity index (χ3v) is 7.99. The number of hydrogen-bond acceptors (Lipinski definition) is 8. The van der Waals surface area contributed by atoms with Crippen molar-refractivity contribution >= 4 is 44.9 Å². The molecule has 2 amide bonds. The van der Waals surface area contributed by atoms with Gasteiger partial charge in [0.2, 0.25) is 15.9 Å². The first-order valence-electron chi connectivity index (χ1n) is 11.6. The average molecular weight is 534 g/mol. The lowest BCUT2D eigenvalue weighted by molar-refractivity contribution is -1.01. The van der Waals surface area contributed by atoms with Crippen LogP contribution in [-0.4, -0.2) is 79.3 Å². The van der Waals surface area contributed by atoms with E-state index >= 15 is 0 Å². The first kappa shape index (κ1) is 26.6. The van der Waals surface area contributed by atoms with E-state index in [2.05, 4.69) is 15.4 Å². The molecule has 0 bridgehead atoms. The number of carboxylic acids is 1. The Hall–Kier alpha value is -3.43. The van der Waals surface area contributed by atoms with Gasteiger partial charge in [0.05, 0.1) is 17.4 Å². The van der Waals surface area contributed by atoms with Crippen molar-refractivity contribution in [3.8, 4) is 0 Å². The normalized spacial score (nSPS) is 25.1. The maximum Gasteiger partial charge on any atom is 0.305 e. The van der Waals surface area contributed by atoms with Crippen LogP contribution in [0.15, 0.2) is 47.4 Å². The van der Waals surface area contributed by atoms with Crippen LogP contribution >= 0.6 is 0 Å². The molecule has 2 fully saturated rings. The Morgan fingerprint density at radius 1 is 1.24 bits per heavy atom. The minimum Gasteiger partial charge on any atom is -0.605 e. The SMILES string of the molecule is O=CC(CC(=O)O)NC(=O)C1CNCN2C(=O)CCC(NS(=O)(=O)c3ccc4ccccc4c3)[N+]2([O-])C1. The molecule has 0 saturated carbocycles. The lowest BCUT2D eigenvalue weighted by Gasteiger charge is -2.55. The Morgan fingerprint density at radius 2 is 1.97 bits per heavy atom. The van der Waals surface area contributed by atoms with Crippen molar-refractivity contribution < 1.29 is 37.5 Å². The number of carbonyl (C=O) groups excluding carboxylic acids is 3. The van der Waals surface area contributed by atoms with Crippen LogP contribution in [0.1, 0.15) is 19.3 Å². The second-order valence-electron chi connectivity index (χ2n) is 9.07. The summed E-state index contributed by atoms with van der Waals surface area (Å²) in [6, 6.07) is 10.5. The molecule has 2 saturated heterocycles. The van der Waals surface area contributed by atoms with E-state index in [4.69, 9.17) is 5.11 Å². The van der Waals surface area contributed by atoms with Gasteiger partial charge in [0, 0.05) is 19.4 Å². The van der Waals surface area contributed by atoms with E-state index < -0.39 is 63.7 Å². The van der Waals surface area contributed by atoms with E-state index in [1.54, 1.807) is 18.2 Å². The Morgan fingerprint density at radius 3 is 2.68 bits per heavy atom. The Kier molecular flexibility index (Phi) is 7.57. The van der Waals surface area contributed by atoms with Gasteiger partial charge in [-0.2, -0.15) is 9.73 Å². The van der Waals surface area contributed by atoms with Crippen LogP contribution in [0, 0.1) is 11.1 Å². The maximum absolute atomic E-state index is 14.2. The number of hydroxylamine groups is 2. The molecular weight excluding hydrogens is 506 g/mol. The molecule has 0 spiro atoms. The van der Waals surface area contributed by atoms with Crippen molar-refractivity contribution in [2.45, 2.75) is 36.4 Å². The first-order valence-corrected chi connectivity index (χ1v) is 13.1. The van der Waals surface area contributed by atoms with Crippen LogP contribution in [0.4, 0.5) is 0 Å². The van der Waals surface area contributed by atoms with Crippen LogP contribution in [-0.2, 0) is 29.2 Å². The van der Waals surface area contributed by atoms with Gasteiger partial charge in [0.25, 0.3) is 5.91 Å². The summed E-state index contributed by atoms with van der Waals surface area (Å²) in [6.07, 6.45) is -1.81. The monoisotopic (exact) mass is 533 g/mol. The number of quaternary nitrogens is 1. The smallest absolute Gasteiger partial charge is 0.305 e. The topological polar surface area (TPSA) is 185 Å². The van der Waals surface area contributed by atoms with Gasteiger partial charge in [-0.25, -0.2) is 13.2 Å². The van der Waals surface area contributed by atoms with Gasteiger partial charge >= 0.3 is 5.97 Å². The highest BCUT2D eigenvalue weighted by atomic mass is 32.2. The summed E-state index contributed by atoms with van der Waals surface area (Å²) in [5, 5.41) is 30.7. The number of carboxylic acid groups (broad SMARTS) is 1. The van der Waals surface area contributed by atoms with E-state index in [0.29, 0.717) is 5.39 Å². The van der Waals surface area contributed by atoms with Gasteiger partial charge in [-0.3, -0.25) is 19.7 Å². The Balaban J connectivity index is 1.59. The number of fused-ring (bicyclic) bond motifs is 2. The van der Waals surface area contributed by atoms with E-state index in [0.717, 1.165) is 10.4 Å². The summed E-state index contributed by atoms with van der Waals surface area (Å²) in [5.74, 6) is -3.62. The number of aliphatic carboxylic acids is 1. The minimum atomic E-state index is -4.18. The predicted molar refractivity (Wildman–Crippen MR) is 129 cm³/mol. The molecule has 2 aliphatic rings. The lowest BCUT2D eigenvalue weighted by Crippen LogP contribution is -2.72. The van der Waals surface area contributed by atoms with Crippen LogP contribution in [0.3, 0.4) is 0 Å². The van der Waals surface area contributed by atoms with Crippen LogP contribution in [0.5, 0.6) is 0 Å². The third-order valence-electron chi connectivity index (χ3n) is 6.53. The molecule has 37 heavy (non-hydrogen) atoms. The van der Waals surface area contributed by atoms with Gasteiger partial charge in [0.15, 0.2) is 6.17 Å². The van der Waals surface area contributed by atoms with Gasteiger partial charge < -0.3 is 20.4 Å². The molecule has 2 aromatic carbocycles. The number of benzene rings is 2. The zero-order valence-corrected chi connectivity index (χ0v) is 20.5. The fourth-order valence-corrected chi connectivity index (χ4v) is 5.93. The lowest BCUT2D eigenvalue weighted by atomic mass is 10.1. The molecule has 2 aromatic rings. The molecule has 4 rings (SSSR count). The Bertz CT molecular complexity index is 1340. The third kappa shape index (κ3) is 5.62. The fraction of sp³-hybridized carbons (Fsp3) is 0.391. The number of carbonyl (C=O) groups is 4. The van der Waals surface area contributed by atoms with Crippen molar-refractivity contribution in [3.63, 3.8) is 0 Å². The number of amides is 2. The van der Waals surface area contributed by atoms with Gasteiger partial charge in [0.1, 0.15) is 25.4 Å². The average Bonchev–Trinajstić information content (AvgIpc) is 3.05. The van der Waals surface area contributed by atoms with Crippen LogP contribution in [0.25, 0.3) is 10.8 Å². The zero-order valence-electron chi connectivity index (χ0n) is 19.7. The van der Waals surface area contributed by atoms with Crippen molar-refractivity contribution in [1.29, 1.82) is 0 Å². The largest absolute Gasteiger partial charge is 0.605 e. The molecule has 14 heteroatoms. The molecule has 2 aliphatic heterocycles. The minimum absolute atomic E-state index is 0.0410. The predicted octanol–water partition coefficient (Wildman–Crippen LogP) is -0.368. The molecule has 4 N–H and O–H groups in total. The van der Waals surface area contributed by atoms with Gasteiger partial charge in [-0.05, 0) is 22.9 Å². The summed E-state index contributed by atoms with van der Waals surface area (Å²) in [4.78, 5) is 47.5. The van der Waals surface area contributed by atoms with Gasteiger partial charge in [-0.1, -0.05) is 30.3 Å². The molecule has 0 radical (unpaired) electrons. The van der Waals surface area contributed by atoms with E-state index in [1.165, 1.54) is 12.1 Å². The second kappa shape index (κ2) is 10.5. The second-order valence-corrected chi connectivity index (χ2v) is 10.8. The first-order chi connectivity index (χ1) is 17.5. The Labute approximate surface area is 212 Å². The molecule has 13 nitrogen and oxygen atoms in total. The summed E-state index contributed by atoms with van der Waals surface area (Å²) in [7, 11) is -4.18. The van der Waals surface area contributed by atoms with E-state index in [9.17, 15) is 32.8 Å². The zero-order chi connectivity index (χ0) is 26.8. The highest BCUT2D eigenvalue weighted by Crippen LogP contribution is 2.30. The van der Waals surface area contributed by atoms with Crippen molar-refractivity contribution in [3.05, 3.63) is 47.7 Å². The molecule has 2 heterocycles. The van der Waals surface area contributed by atoms with Crippen LogP contribution in [0.2, 0.25) is 0 Å². The molecule has 198 valence electrons. The molecular formula is C23H27N5O8S. The number of sulfonamides is 1. The van der Waals surface area contributed by atoms with Crippen molar-refractivity contribution in [2.75, 3.05) is 19.8 Å². The van der Waals surface area contributed by atoms with Crippen LogP contribution < -0.4 is 15.4 Å². The molecule has 4 atom stereocenters. The number of aldehydes is 1. The van der Waals surface area contributed by atoms with E-state index in [-0.39, 0.29) is 37.2 Å². The molecule has 0 aliphatic carbocycles. The summed E-state index contributed by atoms with van der Waals surface area (Å²) >= 11 is 0.